The Morgan fingerprint density at radius 2 is 1.80 bits per heavy atom. The summed E-state index contributed by atoms with van der Waals surface area (Å²) in [5, 5.41) is 26.0. The van der Waals surface area contributed by atoms with Gasteiger partial charge in [-0.3, -0.25) is 0 Å². The molecule has 3 rings (SSSR count). The van der Waals surface area contributed by atoms with E-state index >= 15 is 0 Å². The highest BCUT2D eigenvalue weighted by atomic mass is 16.4. The van der Waals surface area contributed by atoms with Crippen LogP contribution in [0.5, 0.6) is 0 Å². The minimum atomic E-state index is -1.49. The molecule has 0 aliphatic heterocycles. The number of imidazole rings is 1. The molecule has 8 heteroatoms. The molecule has 0 fully saturated rings. The van der Waals surface area contributed by atoms with Gasteiger partial charge in [-0.05, 0) is 17.6 Å². The molecule has 2 aromatic heterocycles. The van der Waals surface area contributed by atoms with Gasteiger partial charge < -0.3 is 19.0 Å². The van der Waals surface area contributed by atoms with Crippen LogP contribution in [0.4, 0.5) is 0 Å². The van der Waals surface area contributed by atoms with E-state index in [0.717, 1.165) is 5.69 Å². The third-order valence-corrected chi connectivity index (χ3v) is 2.92. The third-order valence-electron chi connectivity index (χ3n) is 2.92. The molecule has 0 amide bonds. The number of benzene rings is 1. The van der Waals surface area contributed by atoms with Gasteiger partial charge in [0.05, 0.1) is 12.5 Å². The van der Waals surface area contributed by atoms with E-state index in [-0.39, 0.29) is 0 Å². The summed E-state index contributed by atoms with van der Waals surface area (Å²) in [5.41, 5.74) is 1.83. The van der Waals surface area contributed by atoms with Crippen LogP contribution in [0.1, 0.15) is 0 Å². The average Bonchev–Trinajstić information content (AvgIpc) is 3.07. The Bertz CT molecular complexity index is 720. The third kappa shape index (κ3) is 2.22. The van der Waals surface area contributed by atoms with Crippen molar-refractivity contribution in [2.24, 2.45) is 7.05 Å². The van der Waals surface area contributed by atoms with E-state index in [2.05, 4.69) is 15.2 Å². The number of aryl methyl sites for hydroxylation is 1. The quantitative estimate of drug-likeness (QED) is 0.640. The standard InChI is InChI=1S/C12H11BN4O3/c1-17-7-14-6-10(17)12-16-15-11(20-12)8-2-4-9(5-3-8)13(18)19/h2-7,18-19H,1H3. The highest BCUT2D eigenvalue weighted by Crippen LogP contribution is 2.22. The number of hydrogen-bond donors (Lipinski definition) is 2. The monoisotopic (exact) mass is 270 g/mol. The van der Waals surface area contributed by atoms with E-state index in [1.54, 1.807) is 41.4 Å². The second-order valence-electron chi connectivity index (χ2n) is 4.30. The molecular formula is C12H11BN4O3. The van der Waals surface area contributed by atoms with Crippen LogP contribution in [0.3, 0.4) is 0 Å². The van der Waals surface area contributed by atoms with Gasteiger partial charge in [-0.2, -0.15) is 0 Å². The van der Waals surface area contributed by atoms with Crippen molar-refractivity contribution in [3.05, 3.63) is 36.8 Å². The molecule has 0 radical (unpaired) electrons. The topological polar surface area (TPSA) is 97.2 Å². The van der Waals surface area contributed by atoms with Gasteiger partial charge in [0, 0.05) is 12.6 Å². The van der Waals surface area contributed by atoms with Crippen molar-refractivity contribution < 1.29 is 14.5 Å². The summed E-state index contributed by atoms with van der Waals surface area (Å²) in [6.45, 7) is 0. The van der Waals surface area contributed by atoms with Gasteiger partial charge in [0.15, 0.2) is 0 Å². The fourth-order valence-corrected chi connectivity index (χ4v) is 1.80. The van der Waals surface area contributed by atoms with E-state index in [4.69, 9.17) is 14.5 Å². The second kappa shape index (κ2) is 4.91. The largest absolute Gasteiger partial charge is 0.488 e. The number of nitrogens with zero attached hydrogens (tertiary/aromatic N) is 4. The Kier molecular flexibility index (Phi) is 3.09. The molecule has 0 atom stereocenters. The molecule has 20 heavy (non-hydrogen) atoms. The minimum absolute atomic E-state index is 0.361. The van der Waals surface area contributed by atoms with Crippen LogP contribution in [-0.4, -0.2) is 36.9 Å². The first-order valence-corrected chi connectivity index (χ1v) is 5.92. The van der Waals surface area contributed by atoms with Crippen molar-refractivity contribution in [1.82, 2.24) is 19.7 Å². The van der Waals surface area contributed by atoms with E-state index in [0.29, 0.717) is 22.8 Å². The zero-order chi connectivity index (χ0) is 14.1. The van der Waals surface area contributed by atoms with E-state index in [9.17, 15) is 0 Å². The first-order valence-electron chi connectivity index (χ1n) is 5.92. The fraction of sp³-hybridized carbons (Fsp3) is 0.0833. The van der Waals surface area contributed by atoms with Gasteiger partial charge in [0.2, 0.25) is 5.89 Å². The average molecular weight is 270 g/mol. The predicted molar refractivity (Wildman–Crippen MR) is 71.8 cm³/mol. The molecule has 0 bridgehead atoms. The SMILES string of the molecule is Cn1cncc1-c1nnc(-c2ccc(B(O)O)cc2)o1. The van der Waals surface area contributed by atoms with Crippen molar-refractivity contribution in [3.8, 4) is 23.0 Å². The molecule has 1 aromatic carbocycles. The number of aromatic nitrogens is 4. The zero-order valence-electron chi connectivity index (χ0n) is 10.6. The minimum Gasteiger partial charge on any atom is -0.423 e. The lowest BCUT2D eigenvalue weighted by Crippen LogP contribution is -2.29. The van der Waals surface area contributed by atoms with Crippen LogP contribution in [0.25, 0.3) is 23.0 Å². The van der Waals surface area contributed by atoms with Crippen molar-refractivity contribution in [1.29, 1.82) is 0 Å². The number of hydrogen-bond acceptors (Lipinski definition) is 6. The first kappa shape index (κ1) is 12.6. The summed E-state index contributed by atoms with van der Waals surface area (Å²) in [6.07, 6.45) is 3.29. The lowest BCUT2D eigenvalue weighted by atomic mass is 9.80. The summed E-state index contributed by atoms with van der Waals surface area (Å²) in [4.78, 5) is 3.99. The van der Waals surface area contributed by atoms with Crippen LogP contribution < -0.4 is 5.46 Å². The summed E-state index contributed by atoms with van der Waals surface area (Å²) in [5.74, 6) is 0.742. The second-order valence-corrected chi connectivity index (χ2v) is 4.30. The Morgan fingerprint density at radius 1 is 1.10 bits per heavy atom. The highest BCUT2D eigenvalue weighted by Gasteiger charge is 2.14. The Morgan fingerprint density at radius 3 is 2.40 bits per heavy atom. The lowest BCUT2D eigenvalue weighted by molar-refractivity contribution is 0.426. The van der Waals surface area contributed by atoms with Crippen LogP contribution >= 0.6 is 0 Å². The highest BCUT2D eigenvalue weighted by molar-refractivity contribution is 6.58. The summed E-state index contributed by atoms with van der Waals surface area (Å²) >= 11 is 0. The Hall–Kier alpha value is -2.45. The molecule has 7 nitrogen and oxygen atoms in total. The maximum absolute atomic E-state index is 9.04. The van der Waals surface area contributed by atoms with E-state index in [1.165, 1.54) is 0 Å². The smallest absolute Gasteiger partial charge is 0.423 e. The van der Waals surface area contributed by atoms with Gasteiger partial charge in [-0.1, -0.05) is 12.1 Å². The molecular weight excluding hydrogens is 259 g/mol. The summed E-state index contributed by atoms with van der Waals surface area (Å²) in [7, 11) is 0.348. The lowest BCUT2D eigenvalue weighted by Gasteiger charge is -1.99. The maximum Gasteiger partial charge on any atom is 0.488 e. The fourth-order valence-electron chi connectivity index (χ4n) is 1.80. The Labute approximate surface area is 114 Å². The summed E-state index contributed by atoms with van der Waals surface area (Å²) in [6, 6.07) is 6.56. The van der Waals surface area contributed by atoms with Crippen molar-refractivity contribution in [2.45, 2.75) is 0 Å². The van der Waals surface area contributed by atoms with Gasteiger partial charge in [0.25, 0.3) is 5.89 Å². The zero-order valence-corrected chi connectivity index (χ0v) is 10.6. The van der Waals surface area contributed by atoms with Gasteiger partial charge in [0.1, 0.15) is 5.69 Å². The predicted octanol–water partition coefficient (Wildman–Crippen LogP) is -0.183. The van der Waals surface area contributed by atoms with Crippen LogP contribution in [0, 0.1) is 0 Å². The van der Waals surface area contributed by atoms with E-state index < -0.39 is 7.12 Å². The van der Waals surface area contributed by atoms with Crippen molar-refractivity contribution in [3.63, 3.8) is 0 Å². The molecule has 0 aliphatic rings. The molecule has 100 valence electrons. The molecule has 2 heterocycles. The van der Waals surface area contributed by atoms with E-state index in [1.807, 2.05) is 7.05 Å². The summed E-state index contributed by atoms with van der Waals surface area (Å²) < 4.78 is 7.37. The molecule has 2 N–H and O–H groups in total. The van der Waals surface area contributed by atoms with Gasteiger partial charge in [-0.15, -0.1) is 10.2 Å². The molecule has 0 aliphatic carbocycles. The van der Waals surface area contributed by atoms with Crippen molar-refractivity contribution >= 4 is 12.6 Å². The van der Waals surface area contributed by atoms with Crippen LogP contribution in [0.15, 0.2) is 41.2 Å². The molecule has 0 spiro atoms. The maximum atomic E-state index is 9.04. The normalized spacial score (nSPS) is 10.8. The molecule has 3 aromatic rings. The first-order chi connectivity index (χ1) is 9.65. The molecule has 0 unspecified atom stereocenters. The van der Waals surface area contributed by atoms with Crippen LogP contribution in [0.2, 0.25) is 0 Å². The van der Waals surface area contributed by atoms with Crippen LogP contribution in [-0.2, 0) is 7.05 Å². The number of rotatable bonds is 3. The van der Waals surface area contributed by atoms with Crippen molar-refractivity contribution in [2.75, 3.05) is 0 Å². The molecule has 0 saturated carbocycles. The molecule has 0 saturated heterocycles. The Balaban J connectivity index is 1.92. The van der Waals surface area contributed by atoms with Gasteiger partial charge in [-0.25, -0.2) is 4.98 Å². The van der Waals surface area contributed by atoms with Gasteiger partial charge >= 0.3 is 7.12 Å².